The predicted molar refractivity (Wildman–Crippen MR) is 84.5 cm³/mol. The zero-order chi connectivity index (χ0) is 18.2. The first-order valence-corrected chi connectivity index (χ1v) is 9.04. The number of rotatable bonds is 3. The van der Waals surface area contributed by atoms with E-state index in [0.29, 0.717) is 11.8 Å². The maximum Gasteiger partial charge on any atom is 0.289 e. The lowest BCUT2D eigenvalue weighted by atomic mass is 10.3. The first-order valence-electron chi connectivity index (χ1n) is 7.60. The fraction of sp³-hybridized carbons (Fsp3) is 0.312. The third-order valence-corrected chi connectivity index (χ3v) is 5.92. The smallest absolute Gasteiger partial charge is 0.289 e. The molecule has 0 saturated carbocycles. The summed E-state index contributed by atoms with van der Waals surface area (Å²) in [5.74, 6) is -1.50. The highest BCUT2D eigenvalue weighted by Crippen LogP contribution is 2.22. The molecule has 0 aliphatic carbocycles. The molecule has 1 aliphatic rings. The summed E-state index contributed by atoms with van der Waals surface area (Å²) in [4.78, 5) is 13.2. The zero-order valence-electron chi connectivity index (χ0n) is 13.4. The minimum Gasteiger partial charge on any atom is -0.456 e. The third-order valence-electron chi connectivity index (χ3n) is 3.99. The summed E-state index contributed by atoms with van der Waals surface area (Å²) in [6.45, 7) is 2.06. The molecule has 1 aliphatic heterocycles. The SMILES string of the molecule is Cc1ccc(C(=O)N2CCN(S(=O)(=O)c3ccc(F)cc3F)CC2)o1. The first kappa shape index (κ1) is 17.6. The Morgan fingerprint density at radius 2 is 1.76 bits per heavy atom. The van der Waals surface area contributed by atoms with Crippen molar-refractivity contribution >= 4 is 15.9 Å². The first-order chi connectivity index (χ1) is 11.8. The number of carbonyl (C=O) groups excluding carboxylic acids is 1. The van der Waals surface area contributed by atoms with Gasteiger partial charge >= 0.3 is 0 Å². The quantitative estimate of drug-likeness (QED) is 0.829. The number of halogens is 2. The summed E-state index contributed by atoms with van der Waals surface area (Å²) in [5.41, 5.74) is 0. The van der Waals surface area contributed by atoms with Gasteiger partial charge in [0, 0.05) is 32.2 Å². The number of piperazine rings is 1. The van der Waals surface area contributed by atoms with Crippen LogP contribution in [0, 0.1) is 18.6 Å². The molecule has 0 N–H and O–H groups in total. The lowest BCUT2D eigenvalue weighted by Gasteiger charge is -2.33. The number of aryl methyl sites for hydroxylation is 1. The average molecular weight is 370 g/mol. The molecule has 2 heterocycles. The van der Waals surface area contributed by atoms with Crippen LogP contribution >= 0.6 is 0 Å². The molecule has 0 radical (unpaired) electrons. The van der Waals surface area contributed by atoms with Gasteiger partial charge < -0.3 is 9.32 Å². The Morgan fingerprint density at radius 1 is 1.08 bits per heavy atom. The number of amides is 1. The van der Waals surface area contributed by atoms with Gasteiger partial charge in [-0.05, 0) is 31.2 Å². The molecule has 0 spiro atoms. The van der Waals surface area contributed by atoms with E-state index in [9.17, 15) is 22.0 Å². The van der Waals surface area contributed by atoms with Crippen molar-refractivity contribution in [2.45, 2.75) is 11.8 Å². The Labute approximate surface area is 143 Å². The fourth-order valence-electron chi connectivity index (χ4n) is 2.66. The van der Waals surface area contributed by atoms with E-state index in [1.165, 1.54) is 4.90 Å². The van der Waals surface area contributed by atoms with E-state index in [1.807, 2.05) is 0 Å². The molecule has 134 valence electrons. The second kappa shape index (κ2) is 6.57. The van der Waals surface area contributed by atoms with Crippen molar-refractivity contribution in [3.8, 4) is 0 Å². The number of carbonyl (C=O) groups is 1. The average Bonchev–Trinajstić information content (AvgIpc) is 3.00. The molecule has 25 heavy (non-hydrogen) atoms. The number of hydrogen-bond donors (Lipinski definition) is 0. The summed E-state index contributed by atoms with van der Waals surface area (Å²) < 4.78 is 58.2. The molecule has 3 rings (SSSR count). The van der Waals surface area contributed by atoms with Crippen LogP contribution in [0.1, 0.15) is 16.3 Å². The lowest BCUT2D eigenvalue weighted by molar-refractivity contribution is 0.0664. The Morgan fingerprint density at radius 3 is 2.32 bits per heavy atom. The van der Waals surface area contributed by atoms with Crippen molar-refractivity contribution < 1.29 is 26.4 Å². The van der Waals surface area contributed by atoms with Crippen LogP contribution in [-0.2, 0) is 10.0 Å². The van der Waals surface area contributed by atoms with Crippen molar-refractivity contribution in [2.24, 2.45) is 0 Å². The standard InChI is InChI=1S/C16H16F2N2O4S/c1-11-2-4-14(24-11)16(21)19-6-8-20(9-7-19)25(22,23)15-5-3-12(17)10-13(15)18/h2-5,10H,6-9H2,1H3. The van der Waals surface area contributed by atoms with Crippen molar-refractivity contribution in [3.05, 3.63) is 53.5 Å². The van der Waals surface area contributed by atoms with E-state index in [-0.39, 0.29) is 37.8 Å². The molecule has 1 aromatic carbocycles. The highest BCUT2D eigenvalue weighted by atomic mass is 32.2. The monoisotopic (exact) mass is 370 g/mol. The predicted octanol–water partition coefficient (Wildman–Crippen LogP) is 2.01. The zero-order valence-corrected chi connectivity index (χ0v) is 14.2. The van der Waals surface area contributed by atoms with Crippen molar-refractivity contribution in [1.29, 1.82) is 0 Å². The Bertz CT molecular complexity index is 903. The Hall–Kier alpha value is -2.26. The van der Waals surface area contributed by atoms with Crippen LogP contribution in [0.15, 0.2) is 39.6 Å². The van der Waals surface area contributed by atoms with Gasteiger partial charge in [0.2, 0.25) is 10.0 Å². The molecule has 2 aromatic rings. The van der Waals surface area contributed by atoms with Gasteiger partial charge in [0.1, 0.15) is 22.3 Å². The maximum absolute atomic E-state index is 13.8. The normalized spacial score (nSPS) is 16.2. The van der Waals surface area contributed by atoms with Crippen LogP contribution in [-0.4, -0.2) is 49.7 Å². The summed E-state index contributed by atoms with van der Waals surface area (Å²) in [5, 5.41) is 0. The number of sulfonamides is 1. The molecule has 1 amide bonds. The lowest BCUT2D eigenvalue weighted by Crippen LogP contribution is -2.50. The molecule has 1 saturated heterocycles. The van der Waals surface area contributed by atoms with Gasteiger partial charge in [0.05, 0.1) is 0 Å². The van der Waals surface area contributed by atoms with Crippen molar-refractivity contribution in [2.75, 3.05) is 26.2 Å². The molecule has 1 fully saturated rings. The maximum atomic E-state index is 13.8. The summed E-state index contributed by atoms with van der Waals surface area (Å²) in [6, 6.07) is 5.57. The van der Waals surface area contributed by atoms with E-state index < -0.39 is 26.6 Å². The van der Waals surface area contributed by atoms with Gasteiger partial charge in [0.25, 0.3) is 5.91 Å². The van der Waals surface area contributed by atoms with Crippen LogP contribution in [0.4, 0.5) is 8.78 Å². The van der Waals surface area contributed by atoms with Gasteiger partial charge in [-0.3, -0.25) is 4.79 Å². The highest BCUT2D eigenvalue weighted by molar-refractivity contribution is 7.89. The molecular formula is C16H16F2N2O4S. The molecular weight excluding hydrogens is 354 g/mol. The topological polar surface area (TPSA) is 70.8 Å². The van der Waals surface area contributed by atoms with Gasteiger partial charge in [-0.2, -0.15) is 4.31 Å². The summed E-state index contributed by atoms with van der Waals surface area (Å²) in [6.07, 6.45) is 0. The van der Waals surface area contributed by atoms with E-state index >= 15 is 0 Å². The minimum atomic E-state index is -4.09. The van der Waals surface area contributed by atoms with Gasteiger partial charge in [0.15, 0.2) is 5.76 Å². The number of nitrogens with zero attached hydrogens (tertiary/aromatic N) is 2. The van der Waals surface area contributed by atoms with Crippen LogP contribution < -0.4 is 0 Å². The largest absolute Gasteiger partial charge is 0.456 e. The molecule has 1 aromatic heterocycles. The van der Waals surface area contributed by atoms with E-state index in [2.05, 4.69) is 0 Å². The van der Waals surface area contributed by atoms with Gasteiger partial charge in [-0.25, -0.2) is 17.2 Å². The molecule has 6 nitrogen and oxygen atoms in total. The Balaban J connectivity index is 1.72. The van der Waals surface area contributed by atoms with Crippen LogP contribution in [0.2, 0.25) is 0 Å². The second-order valence-electron chi connectivity index (χ2n) is 5.68. The second-order valence-corrected chi connectivity index (χ2v) is 7.59. The summed E-state index contributed by atoms with van der Waals surface area (Å²) in [7, 11) is -4.09. The van der Waals surface area contributed by atoms with Gasteiger partial charge in [-0.15, -0.1) is 0 Å². The molecule has 9 heteroatoms. The van der Waals surface area contributed by atoms with E-state index in [4.69, 9.17) is 4.42 Å². The highest BCUT2D eigenvalue weighted by Gasteiger charge is 2.32. The van der Waals surface area contributed by atoms with Crippen molar-refractivity contribution in [3.63, 3.8) is 0 Å². The van der Waals surface area contributed by atoms with Gasteiger partial charge in [-0.1, -0.05) is 0 Å². The van der Waals surface area contributed by atoms with E-state index in [1.54, 1.807) is 19.1 Å². The van der Waals surface area contributed by atoms with Crippen LogP contribution in [0.25, 0.3) is 0 Å². The molecule has 0 atom stereocenters. The third kappa shape index (κ3) is 3.42. The van der Waals surface area contributed by atoms with Crippen LogP contribution in [0.5, 0.6) is 0 Å². The minimum absolute atomic E-state index is 0.0184. The van der Waals surface area contributed by atoms with Crippen LogP contribution in [0.3, 0.4) is 0 Å². The molecule has 0 bridgehead atoms. The fourth-order valence-corrected chi connectivity index (χ4v) is 4.13. The van der Waals surface area contributed by atoms with Crippen molar-refractivity contribution in [1.82, 2.24) is 9.21 Å². The number of hydrogen-bond acceptors (Lipinski definition) is 4. The summed E-state index contributed by atoms with van der Waals surface area (Å²) >= 11 is 0. The Kier molecular flexibility index (Phi) is 4.61. The van der Waals surface area contributed by atoms with E-state index in [0.717, 1.165) is 16.4 Å². The number of benzene rings is 1. The number of furan rings is 1. The molecule has 0 unspecified atom stereocenters.